The Morgan fingerprint density at radius 1 is 1.39 bits per heavy atom. The van der Waals surface area contributed by atoms with Crippen LogP contribution in [0.25, 0.3) is 0 Å². The standard InChI is InChI=1S/C14H18BrNO2/c1-3-4-12(8-15)10-18-13-6-5-11(9-16)7-14(13)17-2/h5-7,12H,3-4,8,10H2,1-2H3. The summed E-state index contributed by atoms with van der Waals surface area (Å²) in [5, 5.41) is 9.75. The Balaban J connectivity index is 2.69. The Morgan fingerprint density at radius 3 is 2.72 bits per heavy atom. The van der Waals surface area contributed by atoms with Gasteiger partial charge in [-0.2, -0.15) is 5.26 Å². The highest BCUT2D eigenvalue weighted by atomic mass is 79.9. The normalized spacial score (nSPS) is 11.7. The van der Waals surface area contributed by atoms with Gasteiger partial charge in [-0.15, -0.1) is 0 Å². The van der Waals surface area contributed by atoms with Gasteiger partial charge in [0.1, 0.15) is 0 Å². The van der Waals surface area contributed by atoms with Crippen LogP contribution in [0.15, 0.2) is 18.2 Å². The number of hydrogen-bond acceptors (Lipinski definition) is 3. The first-order chi connectivity index (χ1) is 8.74. The van der Waals surface area contributed by atoms with Crippen molar-refractivity contribution in [1.82, 2.24) is 0 Å². The van der Waals surface area contributed by atoms with E-state index in [0.29, 0.717) is 29.6 Å². The smallest absolute Gasteiger partial charge is 0.162 e. The first-order valence-corrected chi connectivity index (χ1v) is 7.14. The van der Waals surface area contributed by atoms with E-state index in [-0.39, 0.29) is 0 Å². The number of rotatable bonds is 7. The molecule has 0 fully saturated rings. The van der Waals surface area contributed by atoms with Crippen LogP contribution in [0, 0.1) is 17.2 Å². The van der Waals surface area contributed by atoms with Crippen LogP contribution in [-0.4, -0.2) is 19.0 Å². The van der Waals surface area contributed by atoms with E-state index >= 15 is 0 Å². The molecular weight excluding hydrogens is 294 g/mol. The predicted octanol–water partition coefficient (Wildman–Crippen LogP) is 3.76. The average Bonchev–Trinajstić information content (AvgIpc) is 2.43. The van der Waals surface area contributed by atoms with Crippen LogP contribution in [0.2, 0.25) is 0 Å². The lowest BCUT2D eigenvalue weighted by Gasteiger charge is -2.16. The number of ether oxygens (including phenoxy) is 2. The maximum Gasteiger partial charge on any atom is 0.162 e. The van der Waals surface area contributed by atoms with Gasteiger partial charge in [0.25, 0.3) is 0 Å². The number of halogens is 1. The maximum absolute atomic E-state index is 8.82. The van der Waals surface area contributed by atoms with Gasteiger partial charge in [0, 0.05) is 17.3 Å². The molecule has 98 valence electrons. The zero-order valence-corrected chi connectivity index (χ0v) is 12.4. The van der Waals surface area contributed by atoms with Gasteiger partial charge < -0.3 is 9.47 Å². The fourth-order valence-corrected chi connectivity index (χ4v) is 2.19. The summed E-state index contributed by atoms with van der Waals surface area (Å²) in [5.74, 6) is 1.80. The third-order valence-corrected chi connectivity index (χ3v) is 3.60. The van der Waals surface area contributed by atoms with Crippen molar-refractivity contribution in [3.8, 4) is 17.6 Å². The lowest BCUT2D eigenvalue weighted by atomic mass is 10.1. The molecule has 0 radical (unpaired) electrons. The fourth-order valence-electron chi connectivity index (χ4n) is 1.68. The Hall–Kier alpha value is -1.21. The molecule has 0 aliphatic rings. The van der Waals surface area contributed by atoms with Gasteiger partial charge in [-0.05, 0) is 18.6 Å². The topological polar surface area (TPSA) is 42.2 Å². The van der Waals surface area contributed by atoms with Gasteiger partial charge in [-0.3, -0.25) is 0 Å². The molecule has 1 aromatic carbocycles. The molecule has 0 heterocycles. The molecule has 0 amide bonds. The Labute approximate surface area is 117 Å². The second kappa shape index (κ2) is 7.99. The van der Waals surface area contributed by atoms with Gasteiger partial charge in [-0.25, -0.2) is 0 Å². The van der Waals surface area contributed by atoms with Gasteiger partial charge >= 0.3 is 0 Å². The molecule has 1 rings (SSSR count). The molecule has 0 bridgehead atoms. The van der Waals surface area contributed by atoms with E-state index in [9.17, 15) is 0 Å². The van der Waals surface area contributed by atoms with Gasteiger partial charge in [0.2, 0.25) is 0 Å². The minimum Gasteiger partial charge on any atom is -0.493 e. The van der Waals surface area contributed by atoms with Crippen LogP contribution in [-0.2, 0) is 0 Å². The molecule has 1 unspecified atom stereocenters. The van der Waals surface area contributed by atoms with Crippen molar-refractivity contribution in [3.63, 3.8) is 0 Å². The summed E-state index contributed by atoms with van der Waals surface area (Å²) in [6.07, 6.45) is 2.27. The summed E-state index contributed by atoms with van der Waals surface area (Å²) in [4.78, 5) is 0. The second-order valence-corrected chi connectivity index (χ2v) is 4.74. The average molecular weight is 312 g/mol. The van der Waals surface area contributed by atoms with Gasteiger partial charge in [-0.1, -0.05) is 29.3 Å². The molecular formula is C14H18BrNO2. The quantitative estimate of drug-likeness (QED) is 0.720. The maximum atomic E-state index is 8.82. The van der Waals surface area contributed by atoms with E-state index in [4.69, 9.17) is 14.7 Å². The molecule has 0 aromatic heterocycles. The molecule has 0 N–H and O–H groups in total. The molecule has 0 aliphatic heterocycles. The van der Waals surface area contributed by atoms with Crippen LogP contribution in [0.4, 0.5) is 0 Å². The van der Waals surface area contributed by atoms with Crippen LogP contribution < -0.4 is 9.47 Å². The minimum atomic E-state index is 0.496. The first-order valence-electron chi connectivity index (χ1n) is 6.02. The van der Waals surface area contributed by atoms with E-state index in [1.165, 1.54) is 0 Å². The fraction of sp³-hybridized carbons (Fsp3) is 0.500. The van der Waals surface area contributed by atoms with E-state index in [1.54, 1.807) is 25.3 Å². The van der Waals surface area contributed by atoms with Crippen molar-refractivity contribution in [2.75, 3.05) is 19.0 Å². The zero-order chi connectivity index (χ0) is 13.4. The summed E-state index contributed by atoms with van der Waals surface area (Å²) < 4.78 is 11.0. The predicted molar refractivity (Wildman–Crippen MR) is 75.4 cm³/mol. The number of alkyl halides is 1. The molecule has 18 heavy (non-hydrogen) atoms. The second-order valence-electron chi connectivity index (χ2n) is 4.10. The van der Waals surface area contributed by atoms with Crippen LogP contribution in [0.1, 0.15) is 25.3 Å². The molecule has 4 heteroatoms. The van der Waals surface area contributed by atoms with Crippen molar-refractivity contribution in [2.24, 2.45) is 5.92 Å². The van der Waals surface area contributed by atoms with E-state index in [2.05, 4.69) is 28.9 Å². The molecule has 1 aromatic rings. The number of hydrogen-bond donors (Lipinski definition) is 0. The molecule has 0 spiro atoms. The van der Waals surface area contributed by atoms with Crippen molar-refractivity contribution in [3.05, 3.63) is 23.8 Å². The molecule has 0 saturated carbocycles. The zero-order valence-electron chi connectivity index (χ0n) is 10.8. The summed E-state index contributed by atoms with van der Waals surface area (Å²) in [6, 6.07) is 7.30. The lowest BCUT2D eigenvalue weighted by molar-refractivity contribution is 0.243. The van der Waals surface area contributed by atoms with Crippen molar-refractivity contribution in [1.29, 1.82) is 5.26 Å². The Morgan fingerprint density at radius 2 is 2.17 bits per heavy atom. The molecule has 0 aliphatic carbocycles. The molecule has 1 atom stereocenters. The summed E-state index contributed by atoms with van der Waals surface area (Å²) >= 11 is 3.49. The van der Waals surface area contributed by atoms with Crippen LogP contribution >= 0.6 is 15.9 Å². The van der Waals surface area contributed by atoms with Crippen LogP contribution in [0.5, 0.6) is 11.5 Å². The third kappa shape index (κ3) is 4.23. The summed E-state index contributed by atoms with van der Waals surface area (Å²) in [7, 11) is 1.58. The minimum absolute atomic E-state index is 0.496. The lowest BCUT2D eigenvalue weighted by Crippen LogP contribution is -2.13. The number of benzene rings is 1. The van der Waals surface area contributed by atoms with Gasteiger partial charge in [0.05, 0.1) is 25.3 Å². The first kappa shape index (κ1) is 14.8. The van der Waals surface area contributed by atoms with E-state index in [1.807, 2.05) is 0 Å². The Kier molecular flexibility index (Phi) is 6.59. The highest BCUT2D eigenvalue weighted by molar-refractivity contribution is 9.09. The Bertz CT molecular complexity index is 415. The molecule has 3 nitrogen and oxygen atoms in total. The van der Waals surface area contributed by atoms with Gasteiger partial charge in [0.15, 0.2) is 11.5 Å². The highest BCUT2D eigenvalue weighted by Crippen LogP contribution is 2.28. The summed E-state index contributed by atoms with van der Waals surface area (Å²) in [5.41, 5.74) is 0.574. The number of nitriles is 1. The van der Waals surface area contributed by atoms with E-state index in [0.717, 1.165) is 18.2 Å². The number of nitrogens with zero attached hydrogens (tertiary/aromatic N) is 1. The van der Waals surface area contributed by atoms with Crippen LogP contribution in [0.3, 0.4) is 0 Å². The SMILES string of the molecule is CCCC(CBr)COc1ccc(C#N)cc1OC. The monoisotopic (exact) mass is 311 g/mol. The van der Waals surface area contributed by atoms with Crippen molar-refractivity contribution >= 4 is 15.9 Å². The van der Waals surface area contributed by atoms with Crippen molar-refractivity contribution in [2.45, 2.75) is 19.8 Å². The number of methoxy groups -OCH3 is 1. The summed E-state index contributed by atoms with van der Waals surface area (Å²) in [6.45, 7) is 2.82. The van der Waals surface area contributed by atoms with Crippen molar-refractivity contribution < 1.29 is 9.47 Å². The largest absolute Gasteiger partial charge is 0.493 e. The highest BCUT2D eigenvalue weighted by Gasteiger charge is 2.10. The third-order valence-electron chi connectivity index (χ3n) is 2.68. The van der Waals surface area contributed by atoms with E-state index < -0.39 is 0 Å². The molecule has 0 saturated heterocycles.